The lowest BCUT2D eigenvalue weighted by atomic mass is 10.1. The summed E-state index contributed by atoms with van der Waals surface area (Å²) >= 11 is 1.82. The first-order valence-corrected chi connectivity index (χ1v) is 7.25. The summed E-state index contributed by atoms with van der Waals surface area (Å²) in [6.45, 7) is 0. The molecule has 0 heterocycles. The lowest BCUT2D eigenvalue weighted by molar-refractivity contribution is 0.0934. The van der Waals surface area contributed by atoms with Gasteiger partial charge in [0.25, 0.3) is 5.91 Å². The van der Waals surface area contributed by atoms with Gasteiger partial charge in [0, 0.05) is 11.3 Å². The van der Waals surface area contributed by atoms with Gasteiger partial charge in [-0.2, -0.15) is 11.8 Å². The highest BCUT2D eigenvalue weighted by atomic mass is 32.2. The summed E-state index contributed by atoms with van der Waals surface area (Å²) in [6.07, 6.45) is 5.12. The molecule has 3 N–H and O–H groups in total. The molecule has 1 aromatic carbocycles. The predicted molar refractivity (Wildman–Crippen MR) is 72.2 cm³/mol. The minimum absolute atomic E-state index is 0.127. The molecule has 0 radical (unpaired) electrons. The van der Waals surface area contributed by atoms with Crippen molar-refractivity contribution >= 4 is 17.7 Å². The second-order valence-corrected chi connectivity index (χ2v) is 5.65. The quantitative estimate of drug-likeness (QED) is 0.734. The minimum atomic E-state index is -0.352. The van der Waals surface area contributed by atoms with Gasteiger partial charge < -0.3 is 15.5 Å². The zero-order chi connectivity index (χ0) is 13.1. The second kappa shape index (κ2) is 5.52. The Balaban J connectivity index is 2.02. The van der Waals surface area contributed by atoms with Crippen molar-refractivity contribution in [2.45, 2.75) is 30.6 Å². The van der Waals surface area contributed by atoms with E-state index in [0.29, 0.717) is 5.25 Å². The van der Waals surface area contributed by atoms with E-state index in [9.17, 15) is 15.0 Å². The fourth-order valence-corrected chi connectivity index (χ4v) is 3.06. The number of nitrogens with one attached hydrogen (secondary N) is 1. The van der Waals surface area contributed by atoms with E-state index >= 15 is 0 Å². The van der Waals surface area contributed by atoms with Crippen LogP contribution in [0.1, 0.15) is 29.6 Å². The first kappa shape index (κ1) is 13.1. The van der Waals surface area contributed by atoms with E-state index in [0.717, 1.165) is 19.3 Å². The number of carbonyl (C=O) groups excluding carboxylic acids is 1. The minimum Gasteiger partial charge on any atom is -0.504 e. The van der Waals surface area contributed by atoms with Crippen molar-refractivity contribution in [3.8, 4) is 11.5 Å². The van der Waals surface area contributed by atoms with E-state index in [1.54, 1.807) is 6.07 Å². The molecule has 0 aliphatic heterocycles. The van der Waals surface area contributed by atoms with E-state index in [4.69, 9.17) is 0 Å². The predicted octanol–water partition coefficient (Wildman–Crippen LogP) is 2.11. The molecule has 1 amide bonds. The van der Waals surface area contributed by atoms with Crippen LogP contribution in [-0.2, 0) is 0 Å². The fraction of sp³-hybridized carbons (Fsp3) is 0.462. The van der Waals surface area contributed by atoms with Crippen LogP contribution in [0.5, 0.6) is 11.5 Å². The maximum Gasteiger partial charge on any atom is 0.255 e. The molecule has 0 spiro atoms. The number of amides is 1. The maximum atomic E-state index is 12.0. The van der Waals surface area contributed by atoms with Crippen molar-refractivity contribution in [3.05, 3.63) is 23.8 Å². The van der Waals surface area contributed by atoms with Gasteiger partial charge in [0.15, 0.2) is 11.5 Å². The van der Waals surface area contributed by atoms with Crippen LogP contribution in [0.25, 0.3) is 0 Å². The van der Waals surface area contributed by atoms with Crippen molar-refractivity contribution < 1.29 is 15.0 Å². The van der Waals surface area contributed by atoms with Gasteiger partial charge in [-0.3, -0.25) is 4.79 Å². The average molecular weight is 267 g/mol. The molecule has 1 fully saturated rings. The molecule has 2 rings (SSSR count). The van der Waals surface area contributed by atoms with Crippen LogP contribution in [0.4, 0.5) is 0 Å². The Kier molecular flexibility index (Phi) is 4.01. The summed E-state index contributed by atoms with van der Waals surface area (Å²) < 4.78 is 0. The Labute approximate surface area is 110 Å². The Morgan fingerprint density at radius 3 is 2.83 bits per heavy atom. The van der Waals surface area contributed by atoms with Crippen molar-refractivity contribution in [3.63, 3.8) is 0 Å². The lowest BCUT2D eigenvalue weighted by Crippen LogP contribution is -2.33. The molecule has 1 aliphatic carbocycles. The van der Waals surface area contributed by atoms with Gasteiger partial charge in [0.2, 0.25) is 0 Å². The number of hydrogen-bond acceptors (Lipinski definition) is 4. The number of benzene rings is 1. The third-order valence-electron chi connectivity index (χ3n) is 3.31. The molecule has 0 bridgehead atoms. The van der Waals surface area contributed by atoms with Gasteiger partial charge in [-0.05, 0) is 37.7 Å². The summed E-state index contributed by atoms with van der Waals surface area (Å²) in [5, 5.41) is 22.5. The van der Waals surface area contributed by atoms with Crippen molar-refractivity contribution in [1.29, 1.82) is 0 Å². The number of phenolic OH excluding ortho intramolecular Hbond substituents is 2. The standard InChI is InChI=1S/C13H17NO3S/c1-18-9-6-5-8(7-9)14-13(17)10-3-2-4-11(15)12(10)16/h2-4,8-9,15-16H,5-7H2,1H3,(H,14,17). The van der Waals surface area contributed by atoms with E-state index in [1.165, 1.54) is 12.1 Å². The molecule has 4 nitrogen and oxygen atoms in total. The van der Waals surface area contributed by atoms with Crippen LogP contribution in [0.3, 0.4) is 0 Å². The van der Waals surface area contributed by atoms with E-state index in [-0.39, 0.29) is 29.0 Å². The van der Waals surface area contributed by atoms with Crippen LogP contribution < -0.4 is 5.32 Å². The molecule has 1 saturated carbocycles. The molecule has 0 aromatic heterocycles. The molecule has 1 aromatic rings. The molecular formula is C13H17NO3S. The van der Waals surface area contributed by atoms with Crippen molar-refractivity contribution in [2.75, 3.05) is 6.26 Å². The van der Waals surface area contributed by atoms with E-state index in [1.807, 2.05) is 11.8 Å². The summed E-state index contributed by atoms with van der Waals surface area (Å²) in [5.74, 6) is -0.944. The van der Waals surface area contributed by atoms with Gasteiger partial charge in [0.1, 0.15) is 0 Å². The molecule has 98 valence electrons. The molecular weight excluding hydrogens is 250 g/mol. The molecule has 18 heavy (non-hydrogen) atoms. The first-order valence-electron chi connectivity index (χ1n) is 5.96. The van der Waals surface area contributed by atoms with Gasteiger partial charge in [-0.15, -0.1) is 0 Å². The highest BCUT2D eigenvalue weighted by Gasteiger charge is 2.26. The van der Waals surface area contributed by atoms with Crippen LogP contribution in [0.2, 0.25) is 0 Å². The third-order valence-corrected chi connectivity index (χ3v) is 4.41. The SMILES string of the molecule is CSC1CCC(NC(=O)c2cccc(O)c2O)C1. The Morgan fingerprint density at radius 2 is 2.17 bits per heavy atom. The zero-order valence-corrected chi connectivity index (χ0v) is 11.0. The van der Waals surface area contributed by atoms with Crippen LogP contribution in [0.15, 0.2) is 18.2 Å². The molecule has 2 unspecified atom stereocenters. The third kappa shape index (κ3) is 2.72. The number of aromatic hydroxyl groups is 2. The number of para-hydroxylation sites is 1. The van der Waals surface area contributed by atoms with Gasteiger partial charge in [-0.25, -0.2) is 0 Å². The van der Waals surface area contributed by atoms with E-state index in [2.05, 4.69) is 11.6 Å². The average Bonchev–Trinajstić information content (AvgIpc) is 2.80. The normalized spacial score (nSPS) is 22.9. The Morgan fingerprint density at radius 1 is 1.39 bits per heavy atom. The van der Waals surface area contributed by atoms with Crippen LogP contribution >= 0.6 is 11.8 Å². The van der Waals surface area contributed by atoms with Crippen molar-refractivity contribution in [1.82, 2.24) is 5.32 Å². The lowest BCUT2D eigenvalue weighted by Gasteiger charge is -2.13. The molecule has 2 atom stereocenters. The second-order valence-electron chi connectivity index (χ2n) is 4.51. The topological polar surface area (TPSA) is 69.6 Å². The van der Waals surface area contributed by atoms with Crippen LogP contribution in [0, 0.1) is 0 Å². The molecule has 1 aliphatic rings. The van der Waals surface area contributed by atoms with Gasteiger partial charge in [-0.1, -0.05) is 6.07 Å². The highest BCUT2D eigenvalue weighted by molar-refractivity contribution is 7.99. The maximum absolute atomic E-state index is 12.0. The summed E-state index contributed by atoms with van der Waals surface area (Å²) in [5.41, 5.74) is 0.127. The summed E-state index contributed by atoms with van der Waals surface area (Å²) in [6, 6.07) is 4.57. The summed E-state index contributed by atoms with van der Waals surface area (Å²) in [4.78, 5) is 12.0. The van der Waals surface area contributed by atoms with E-state index < -0.39 is 0 Å². The number of carbonyl (C=O) groups is 1. The molecule has 0 saturated heterocycles. The fourth-order valence-electron chi connectivity index (χ4n) is 2.26. The monoisotopic (exact) mass is 267 g/mol. The number of hydrogen-bond donors (Lipinski definition) is 3. The first-order chi connectivity index (χ1) is 8.61. The van der Waals surface area contributed by atoms with Crippen LogP contribution in [-0.4, -0.2) is 33.7 Å². The highest BCUT2D eigenvalue weighted by Crippen LogP contribution is 2.30. The number of thioether (sulfide) groups is 1. The largest absolute Gasteiger partial charge is 0.504 e. The van der Waals surface area contributed by atoms with Gasteiger partial charge in [0.05, 0.1) is 5.56 Å². The number of phenols is 2. The van der Waals surface area contributed by atoms with Gasteiger partial charge >= 0.3 is 0 Å². The van der Waals surface area contributed by atoms with Crippen molar-refractivity contribution in [2.24, 2.45) is 0 Å². The molecule has 5 heteroatoms. The Hall–Kier alpha value is -1.36. The smallest absolute Gasteiger partial charge is 0.255 e. The number of rotatable bonds is 3. The summed E-state index contributed by atoms with van der Waals surface area (Å²) in [7, 11) is 0. The Bertz CT molecular complexity index is 450. The zero-order valence-electron chi connectivity index (χ0n) is 10.2.